The van der Waals surface area contributed by atoms with Crippen LogP contribution in [0.5, 0.6) is 0 Å². The standard InChI is InChI=1S/C27H36FN11O8S/c28-48(43,44)20-5-3-4-19(14-20)36-27(42)21(37-22(40)15-39-18-34-24-25(29)32-17-33-26(24)39)6-1-2-7-31-23(41)16-47-13-12-46-11-10-45-9-8-35-38-30/h3-5,14,17-18,21H,1-2,6-13,15-16H2,(H,31,41)(H,36,42)(H,37,40)(H2,29,32,33)/t21-/m0/s1. The maximum Gasteiger partial charge on any atom is 0.332 e. The van der Waals surface area contributed by atoms with E-state index < -0.39 is 33.0 Å². The highest BCUT2D eigenvalue weighted by molar-refractivity contribution is 7.86. The van der Waals surface area contributed by atoms with Crippen molar-refractivity contribution >= 4 is 50.6 Å². The van der Waals surface area contributed by atoms with Crippen LogP contribution in [0.25, 0.3) is 21.6 Å². The van der Waals surface area contributed by atoms with Crippen molar-refractivity contribution in [1.29, 1.82) is 0 Å². The Hall–Kier alpha value is -4.95. The van der Waals surface area contributed by atoms with E-state index in [0.29, 0.717) is 43.8 Å². The monoisotopic (exact) mass is 693 g/mol. The van der Waals surface area contributed by atoms with E-state index in [2.05, 4.69) is 40.9 Å². The number of nitrogens with zero attached hydrogens (tertiary/aromatic N) is 7. The number of halogens is 1. The topological polar surface area (TPSA) is 268 Å². The Balaban J connectivity index is 1.45. The van der Waals surface area contributed by atoms with Crippen LogP contribution in [0.15, 0.2) is 46.9 Å². The van der Waals surface area contributed by atoms with Gasteiger partial charge in [0.05, 0.1) is 39.4 Å². The molecule has 3 rings (SSSR count). The number of azide groups is 1. The molecule has 1 aromatic carbocycles. The first-order chi connectivity index (χ1) is 23.1. The molecule has 0 aliphatic heterocycles. The molecule has 0 unspecified atom stereocenters. The van der Waals surface area contributed by atoms with Crippen molar-refractivity contribution in [3.63, 3.8) is 0 Å². The van der Waals surface area contributed by atoms with Gasteiger partial charge in [0.2, 0.25) is 17.7 Å². The second-order valence-electron chi connectivity index (χ2n) is 9.96. The Morgan fingerprint density at radius 3 is 2.54 bits per heavy atom. The normalized spacial score (nSPS) is 11.9. The number of anilines is 2. The first-order valence-corrected chi connectivity index (χ1v) is 16.0. The summed E-state index contributed by atoms with van der Waals surface area (Å²) in [4.78, 5) is 52.3. The number of unbranched alkanes of at least 4 members (excludes halogenated alkanes) is 1. The van der Waals surface area contributed by atoms with Gasteiger partial charge in [-0.15, -0.1) is 3.89 Å². The number of hydrogen-bond acceptors (Lipinski definition) is 13. The van der Waals surface area contributed by atoms with E-state index in [0.717, 1.165) is 12.1 Å². The zero-order valence-electron chi connectivity index (χ0n) is 25.8. The highest BCUT2D eigenvalue weighted by Crippen LogP contribution is 2.18. The molecule has 260 valence electrons. The molecule has 0 fully saturated rings. The van der Waals surface area contributed by atoms with Crippen LogP contribution in [0.3, 0.4) is 0 Å². The lowest BCUT2D eigenvalue weighted by Gasteiger charge is -2.19. The van der Waals surface area contributed by atoms with E-state index >= 15 is 0 Å². The summed E-state index contributed by atoms with van der Waals surface area (Å²) in [6.07, 6.45) is 3.59. The molecule has 0 radical (unpaired) electrons. The second-order valence-corrected chi connectivity index (χ2v) is 11.3. The molecule has 0 saturated heterocycles. The zero-order chi connectivity index (χ0) is 34.8. The third-order valence-corrected chi connectivity index (χ3v) is 7.21. The Bertz CT molecular complexity index is 1680. The first kappa shape index (κ1) is 37.5. The van der Waals surface area contributed by atoms with Crippen LogP contribution < -0.4 is 21.7 Å². The van der Waals surface area contributed by atoms with Crippen molar-refractivity contribution in [3.05, 3.63) is 47.4 Å². The number of hydrogen-bond donors (Lipinski definition) is 4. The molecule has 0 bridgehead atoms. The molecule has 21 heteroatoms. The molecule has 19 nitrogen and oxygen atoms in total. The second kappa shape index (κ2) is 19.7. The lowest BCUT2D eigenvalue weighted by Crippen LogP contribution is -2.45. The van der Waals surface area contributed by atoms with Crippen LogP contribution in [-0.4, -0.2) is 104 Å². The number of benzene rings is 1. The molecular formula is C27H36FN11O8S. The Kier molecular flexibility index (Phi) is 15.4. The number of amides is 3. The Morgan fingerprint density at radius 2 is 1.79 bits per heavy atom. The molecule has 2 heterocycles. The summed E-state index contributed by atoms with van der Waals surface area (Å²) in [6, 6.07) is 3.57. The van der Waals surface area contributed by atoms with Crippen molar-refractivity contribution in [2.45, 2.75) is 36.7 Å². The van der Waals surface area contributed by atoms with Crippen molar-refractivity contribution in [1.82, 2.24) is 30.2 Å². The van der Waals surface area contributed by atoms with Crippen LogP contribution in [0.4, 0.5) is 15.4 Å². The number of imidazole rings is 1. The van der Waals surface area contributed by atoms with Gasteiger partial charge in [0.25, 0.3) is 0 Å². The summed E-state index contributed by atoms with van der Waals surface area (Å²) in [6.45, 7) is 1.48. The van der Waals surface area contributed by atoms with E-state index in [1.165, 1.54) is 29.4 Å². The van der Waals surface area contributed by atoms with Crippen molar-refractivity contribution < 1.29 is 40.9 Å². The SMILES string of the molecule is [N-]=[N+]=NCCOCCOCCOCC(=O)NCCCC[C@H](NC(=O)Cn1cnc2c(N)ncnc21)C(=O)Nc1cccc(S(=O)(=O)F)c1. The number of ether oxygens (including phenoxy) is 3. The number of rotatable bonds is 22. The lowest BCUT2D eigenvalue weighted by atomic mass is 10.1. The highest BCUT2D eigenvalue weighted by atomic mass is 32.3. The van der Waals surface area contributed by atoms with Crippen LogP contribution in [0, 0.1) is 0 Å². The summed E-state index contributed by atoms with van der Waals surface area (Å²) in [5, 5.41) is 11.2. The fraction of sp³-hybridized carbons (Fsp3) is 0.481. The van der Waals surface area contributed by atoms with Crippen LogP contribution >= 0.6 is 0 Å². The number of nitrogens with one attached hydrogen (secondary N) is 3. The quantitative estimate of drug-likeness (QED) is 0.0375. The van der Waals surface area contributed by atoms with Gasteiger partial charge >= 0.3 is 10.2 Å². The smallest absolute Gasteiger partial charge is 0.332 e. The summed E-state index contributed by atoms with van der Waals surface area (Å²) in [7, 11) is -5.01. The van der Waals surface area contributed by atoms with Gasteiger partial charge in [-0.25, -0.2) is 15.0 Å². The first-order valence-electron chi connectivity index (χ1n) is 14.7. The van der Waals surface area contributed by atoms with Gasteiger partial charge in [0.15, 0.2) is 11.5 Å². The third kappa shape index (κ3) is 13.0. The summed E-state index contributed by atoms with van der Waals surface area (Å²) in [5.41, 5.74) is 14.6. The van der Waals surface area contributed by atoms with Crippen molar-refractivity contribution in [2.24, 2.45) is 5.11 Å². The lowest BCUT2D eigenvalue weighted by molar-refractivity contribution is -0.127. The Morgan fingerprint density at radius 1 is 1.04 bits per heavy atom. The van der Waals surface area contributed by atoms with Gasteiger partial charge in [-0.05, 0) is 43.0 Å². The molecule has 0 aliphatic rings. The van der Waals surface area contributed by atoms with E-state index in [-0.39, 0.29) is 63.3 Å². The molecule has 2 aromatic heterocycles. The van der Waals surface area contributed by atoms with E-state index in [4.69, 9.17) is 25.5 Å². The summed E-state index contributed by atoms with van der Waals surface area (Å²) < 4.78 is 53.3. The molecule has 5 N–H and O–H groups in total. The van der Waals surface area contributed by atoms with Gasteiger partial charge in [-0.2, -0.15) is 8.42 Å². The zero-order valence-corrected chi connectivity index (χ0v) is 26.6. The average molecular weight is 694 g/mol. The number of nitrogens with two attached hydrogens (primary N) is 1. The van der Waals surface area contributed by atoms with Crippen molar-refractivity contribution in [2.75, 3.05) is 63.8 Å². The average Bonchev–Trinajstić information content (AvgIpc) is 3.46. The van der Waals surface area contributed by atoms with Gasteiger partial charge in [-0.1, -0.05) is 11.2 Å². The van der Waals surface area contributed by atoms with Crippen LogP contribution in [0.2, 0.25) is 0 Å². The maximum absolute atomic E-state index is 13.5. The highest BCUT2D eigenvalue weighted by Gasteiger charge is 2.22. The number of fused-ring (bicyclic) bond motifs is 1. The molecule has 0 spiro atoms. The summed E-state index contributed by atoms with van der Waals surface area (Å²) >= 11 is 0. The van der Waals surface area contributed by atoms with Crippen LogP contribution in [-0.2, 0) is 45.4 Å². The minimum absolute atomic E-state index is 0.0129. The van der Waals surface area contributed by atoms with Crippen molar-refractivity contribution in [3.8, 4) is 0 Å². The number of aromatic nitrogens is 4. The van der Waals surface area contributed by atoms with E-state index in [9.17, 15) is 26.7 Å². The number of nitrogen functional groups attached to an aromatic ring is 1. The summed E-state index contributed by atoms with van der Waals surface area (Å²) in [5.74, 6) is -1.43. The Labute approximate surface area is 274 Å². The predicted octanol–water partition coefficient (Wildman–Crippen LogP) is 0.837. The van der Waals surface area contributed by atoms with Gasteiger partial charge in [0.1, 0.15) is 35.9 Å². The van der Waals surface area contributed by atoms with E-state index in [1.54, 1.807) is 0 Å². The maximum atomic E-state index is 13.5. The number of carbonyl (C=O) groups is 3. The molecular weight excluding hydrogens is 657 g/mol. The molecule has 3 amide bonds. The molecule has 48 heavy (non-hydrogen) atoms. The van der Waals surface area contributed by atoms with Crippen LogP contribution in [0.1, 0.15) is 19.3 Å². The number of carbonyl (C=O) groups excluding carboxylic acids is 3. The van der Waals surface area contributed by atoms with Gasteiger partial charge < -0.3 is 40.5 Å². The largest absolute Gasteiger partial charge is 0.382 e. The fourth-order valence-electron chi connectivity index (χ4n) is 4.14. The molecule has 3 aromatic rings. The van der Waals surface area contributed by atoms with Gasteiger partial charge in [0, 0.05) is 23.7 Å². The minimum atomic E-state index is -5.01. The molecule has 0 saturated carbocycles. The predicted molar refractivity (Wildman–Crippen MR) is 168 cm³/mol. The van der Waals surface area contributed by atoms with E-state index in [1.807, 2.05) is 0 Å². The molecule has 1 atom stereocenters. The minimum Gasteiger partial charge on any atom is -0.382 e. The third-order valence-electron chi connectivity index (χ3n) is 6.40. The fourth-order valence-corrected chi connectivity index (χ4v) is 4.65. The van der Waals surface area contributed by atoms with Gasteiger partial charge in [-0.3, -0.25) is 14.4 Å². The molecule has 0 aliphatic carbocycles.